The minimum atomic E-state index is -1.04. The first-order chi connectivity index (χ1) is 18.3. The minimum absolute atomic E-state index is 0.0229. The van der Waals surface area contributed by atoms with E-state index in [1.165, 1.54) is 0 Å². The lowest BCUT2D eigenvalue weighted by molar-refractivity contribution is -0.136. The Morgan fingerprint density at radius 1 is 1.05 bits per heavy atom. The van der Waals surface area contributed by atoms with E-state index in [1.54, 1.807) is 40.8 Å². The number of anilines is 1. The van der Waals surface area contributed by atoms with Gasteiger partial charge < -0.3 is 5.32 Å². The largest absolute Gasteiger partial charge is 0.364 e. The van der Waals surface area contributed by atoms with Gasteiger partial charge in [0.1, 0.15) is 35.0 Å². The maximum atomic E-state index is 13.4. The molecule has 0 saturated carbocycles. The van der Waals surface area contributed by atoms with Crippen LogP contribution in [0.5, 0.6) is 0 Å². The Morgan fingerprint density at radius 2 is 1.77 bits per heavy atom. The zero-order valence-electron chi connectivity index (χ0n) is 22.6. The average molecular weight is 527 g/mol. The van der Waals surface area contributed by atoms with Gasteiger partial charge in [-0.15, -0.1) is 0 Å². The van der Waals surface area contributed by atoms with Crippen LogP contribution in [0.1, 0.15) is 80.3 Å². The number of benzene rings is 1. The number of nitrogens with zero attached hydrogens (tertiary/aromatic N) is 4. The number of hydrogen-bond donors (Lipinski definition) is 2. The van der Waals surface area contributed by atoms with Gasteiger partial charge >= 0.3 is 0 Å². The Hall–Kier alpha value is -4.52. The number of amides is 4. The smallest absolute Gasteiger partial charge is 0.262 e. The van der Waals surface area contributed by atoms with E-state index in [-0.39, 0.29) is 34.9 Å². The number of nitrogens with one attached hydrogen (secondary N) is 2. The number of carbonyl (C=O) groups excluding carboxylic acids is 4. The molecule has 2 aromatic heterocycles. The fraction of sp³-hybridized carbons (Fsp3) is 0.379. The highest BCUT2D eigenvalue weighted by atomic mass is 16.2. The van der Waals surface area contributed by atoms with Crippen molar-refractivity contribution in [2.75, 3.05) is 5.32 Å². The summed E-state index contributed by atoms with van der Waals surface area (Å²) in [5.74, 6) is -1.63. The molecule has 0 bridgehead atoms. The average Bonchev–Trinajstić information content (AvgIpc) is 3.32. The molecular formula is C29H30N6O4. The van der Waals surface area contributed by atoms with Crippen molar-refractivity contribution in [3.8, 4) is 17.3 Å². The molecular weight excluding hydrogens is 496 g/mol. The highest BCUT2D eigenvalue weighted by molar-refractivity contribution is 6.23. The molecule has 0 aliphatic carbocycles. The van der Waals surface area contributed by atoms with E-state index in [4.69, 9.17) is 4.98 Å². The van der Waals surface area contributed by atoms with Gasteiger partial charge in [0.15, 0.2) is 0 Å². The van der Waals surface area contributed by atoms with Crippen molar-refractivity contribution >= 4 is 35.1 Å². The number of fused-ring (bicyclic) bond motifs is 2. The van der Waals surface area contributed by atoms with Gasteiger partial charge in [-0.1, -0.05) is 32.9 Å². The van der Waals surface area contributed by atoms with Gasteiger partial charge in [-0.05, 0) is 56.4 Å². The molecule has 10 nitrogen and oxygen atoms in total. The topological polar surface area (TPSA) is 137 Å². The quantitative estimate of drug-likeness (QED) is 0.481. The monoisotopic (exact) mass is 526 g/mol. The van der Waals surface area contributed by atoms with Gasteiger partial charge in [0.05, 0.1) is 11.1 Å². The second-order valence-electron chi connectivity index (χ2n) is 12.0. The Labute approximate surface area is 226 Å². The number of aromatic nitrogens is 2. The van der Waals surface area contributed by atoms with Crippen molar-refractivity contribution in [2.24, 2.45) is 5.41 Å². The van der Waals surface area contributed by atoms with Crippen molar-refractivity contribution in [1.29, 1.82) is 5.26 Å². The zero-order chi connectivity index (χ0) is 28.3. The van der Waals surface area contributed by atoms with Crippen LogP contribution in [0.15, 0.2) is 36.4 Å². The summed E-state index contributed by atoms with van der Waals surface area (Å²) in [5.41, 5.74) is 2.08. The fourth-order valence-corrected chi connectivity index (χ4v) is 5.81. The second-order valence-corrected chi connectivity index (χ2v) is 12.0. The van der Waals surface area contributed by atoms with E-state index in [1.807, 2.05) is 0 Å². The summed E-state index contributed by atoms with van der Waals surface area (Å²) < 4.78 is 1.76. The van der Waals surface area contributed by atoms with Crippen LogP contribution >= 0.6 is 0 Å². The number of nitriles is 1. The van der Waals surface area contributed by atoms with Crippen molar-refractivity contribution in [3.63, 3.8) is 0 Å². The summed E-state index contributed by atoms with van der Waals surface area (Å²) in [6, 6.07) is 11.4. The molecule has 1 fully saturated rings. The maximum absolute atomic E-state index is 13.4. The van der Waals surface area contributed by atoms with E-state index in [0.29, 0.717) is 28.4 Å². The van der Waals surface area contributed by atoms with Gasteiger partial charge in [-0.3, -0.25) is 33.8 Å². The predicted octanol–water partition coefficient (Wildman–Crippen LogP) is 3.90. The lowest BCUT2D eigenvalue weighted by atomic mass is 9.82. The standard InChI is InChI=1S/C29H30N6O4/c1-28(2,3)15-29(4,5)33-24-23(31-21-8-6-7-17(14-30)34(21)24)16-9-10-18-19(13-16)27(39)35(26(18)38)20-11-12-22(36)32-25(20)37/h6-10,13,20,33H,11-12,15H2,1-5H3,(H,32,36,37). The molecule has 10 heteroatoms. The number of hydrogen-bond acceptors (Lipinski definition) is 7. The molecule has 2 aliphatic heterocycles. The number of imide groups is 2. The molecule has 200 valence electrons. The first kappa shape index (κ1) is 26.1. The normalized spacial score (nSPS) is 17.8. The predicted molar refractivity (Wildman–Crippen MR) is 144 cm³/mol. The Morgan fingerprint density at radius 3 is 2.44 bits per heavy atom. The van der Waals surface area contributed by atoms with Crippen LogP contribution in [0.2, 0.25) is 0 Å². The molecule has 2 N–H and O–H groups in total. The van der Waals surface area contributed by atoms with E-state index in [0.717, 1.165) is 11.3 Å². The van der Waals surface area contributed by atoms with Crippen LogP contribution in [0.4, 0.5) is 5.82 Å². The van der Waals surface area contributed by atoms with Crippen molar-refractivity contribution < 1.29 is 19.2 Å². The number of imidazole rings is 1. The second kappa shape index (κ2) is 9.05. The number of rotatable bonds is 5. The van der Waals surface area contributed by atoms with Gasteiger partial charge in [0.25, 0.3) is 11.8 Å². The van der Waals surface area contributed by atoms with Gasteiger partial charge in [-0.2, -0.15) is 5.26 Å². The molecule has 4 heterocycles. The first-order valence-corrected chi connectivity index (χ1v) is 12.9. The number of carbonyl (C=O) groups is 4. The fourth-order valence-electron chi connectivity index (χ4n) is 5.81. The summed E-state index contributed by atoms with van der Waals surface area (Å²) in [7, 11) is 0. The molecule has 3 aromatic rings. The number of pyridine rings is 1. The van der Waals surface area contributed by atoms with Crippen LogP contribution in [-0.2, 0) is 9.59 Å². The summed E-state index contributed by atoms with van der Waals surface area (Å²) in [5, 5.41) is 15.6. The third-order valence-corrected chi connectivity index (χ3v) is 6.90. The van der Waals surface area contributed by atoms with Crippen molar-refractivity contribution in [2.45, 2.75) is 65.5 Å². The summed E-state index contributed by atoms with van der Waals surface area (Å²) >= 11 is 0. The van der Waals surface area contributed by atoms with Crippen LogP contribution in [0, 0.1) is 16.7 Å². The molecule has 5 rings (SSSR count). The lowest BCUT2D eigenvalue weighted by Gasteiger charge is -2.34. The van der Waals surface area contributed by atoms with E-state index < -0.39 is 29.7 Å². The Balaban J connectivity index is 1.60. The van der Waals surface area contributed by atoms with Gasteiger partial charge in [0.2, 0.25) is 11.8 Å². The summed E-state index contributed by atoms with van der Waals surface area (Å²) in [4.78, 5) is 56.4. The highest BCUT2D eigenvalue weighted by Crippen LogP contribution is 2.37. The minimum Gasteiger partial charge on any atom is -0.364 e. The van der Waals surface area contributed by atoms with E-state index in [9.17, 15) is 24.4 Å². The van der Waals surface area contributed by atoms with Crippen molar-refractivity contribution in [1.82, 2.24) is 19.6 Å². The lowest BCUT2D eigenvalue weighted by Crippen LogP contribution is -2.54. The third kappa shape index (κ3) is 4.65. The zero-order valence-corrected chi connectivity index (χ0v) is 22.6. The molecule has 0 spiro atoms. The maximum Gasteiger partial charge on any atom is 0.262 e. The molecule has 1 unspecified atom stereocenters. The Kier molecular flexibility index (Phi) is 6.06. The molecule has 1 atom stereocenters. The molecule has 1 saturated heterocycles. The first-order valence-electron chi connectivity index (χ1n) is 12.9. The highest BCUT2D eigenvalue weighted by Gasteiger charge is 2.44. The van der Waals surface area contributed by atoms with Crippen LogP contribution in [-0.4, -0.2) is 49.5 Å². The van der Waals surface area contributed by atoms with Crippen LogP contribution < -0.4 is 10.6 Å². The molecule has 0 radical (unpaired) electrons. The summed E-state index contributed by atoms with van der Waals surface area (Å²) in [6.45, 7) is 10.6. The van der Waals surface area contributed by atoms with Crippen molar-refractivity contribution in [3.05, 3.63) is 53.2 Å². The van der Waals surface area contributed by atoms with E-state index in [2.05, 4.69) is 51.3 Å². The van der Waals surface area contributed by atoms with Crippen LogP contribution in [0.3, 0.4) is 0 Å². The molecule has 39 heavy (non-hydrogen) atoms. The van der Waals surface area contributed by atoms with Gasteiger partial charge in [0, 0.05) is 17.5 Å². The van der Waals surface area contributed by atoms with Crippen LogP contribution in [0.25, 0.3) is 16.9 Å². The number of piperidine rings is 1. The Bertz CT molecular complexity index is 1600. The van der Waals surface area contributed by atoms with Gasteiger partial charge in [-0.25, -0.2) is 4.98 Å². The molecule has 1 aromatic carbocycles. The molecule has 2 aliphatic rings. The van der Waals surface area contributed by atoms with E-state index >= 15 is 0 Å². The third-order valence-electron chi connectivity index (χ3n) is 6.90. The SMILES string of the molecule is CC(C)(C)CC(C)(C)Nc1c(-c2ccc3c(c2)C(=O)N(C2CCC(=O)NC2=O)C3=O)nc2cccc(C#N)n12. The molecule has 4 amide bonds. The summed E-state index contributed by atoms with van der Waals surface area (Å²) in [6.07, 6.45) is 0.958.